The van der Waals surface area contributed by atoms with Crippen molar-refractivity contribution in [3.8, 4) is 0 Å². The standard InChI is InChI=1S/C22H28N4O8/c1-33-11-5-9-23-19(30)14(12-13-6-3-2-4-7-13)24-20(31)18-16(28)17(29)21(34-18)26-10-8-15(27)25-22(26)32/h2-4,6-8,10,14,16-18,21,28-29H,5,9,11-12H2,1H3,(H,23,30)(H,24,31)(H,25,27,32)/t14-,16+,17-,18+,21-/m1/s1. The Morgan fingerprint density at radius 1 is 1.18 bits per heavy atom. The Labute approximate surface area is 194 Å². The van der Waals surface area contributed by atoms with E-state index < -0.39 is 53.6 Å². The van der Waals surface area contributed by atoms with Gasteiger partial charge < -0.3 is 30.3 Å². The highest BCUT2D eigenvalue weighted by atomic mass is 16.6. The molecule has 3 rings (SSSR count). The molecule has 0 radical (unpaired) electrons. The molecule has 1 saturated heterocycles. The van der Waals surface area contributed by atoms with E-state index in [0.29, 0.717) is 19.6 Å². The number of ether oxygens (including phenoxy) is 2. The van der Waals surface area contributed by atoms with Crippen LogP contribution >= 0.6 is 0 Å². The summed E-state index contributed by atoms with van der Waals surface area (Å²) >= 11 is 0. The lowest BCUT2D eigenvalue weighted by molar-refractivity contribution is -0.141. The third kappa shape index (κ3) is 6.17. The van der Waals surface area contributed by atoms with Crippen molar-refractivity contribution in [1.29, 1.82) is 0 Å². The summed E-state index contributed by atoms with van der Waals surface area (Å²) in [5, 5.41) is 26.1. The summed E-state index contributed by atoms with van der Waals surface area (Å²) in [6, 6.07) is 9.10. The van der Waals surface area contributed by atoms with Crippen molar-refractivity contribution in [2.24, 2.45) is 0 Å². The number of nitrogens with one attached hydrogen (secondary N) is 3. The van der Waals surface area contributed by atoms with Crippen LogP contribution in [0.5, 0.6) is 0 Å². The topological polar surface area (TPSA) is 172 Å². The predicted molar refractivity (Wildman–Crippen MR) is 119 cm³/mol. The van der Waals surface area contributed by atoms with E-state index in [-0.39, 0.29) is 6.42 Å². The molecule has 0 aliphatic carbocycles. The molecular weight excluding hydrogens is 448 g/mol. The van der Waals surface area contributed by atoms with Gasteiger partial charge in [-0.2, -0.15) is 0 Å². The van der Waals surface area contributed by atoms with Gasteiger partial charge >= 0.3 is 5.69 Å². The molecule has 1 aliphatic rings. The van der Waals surface area contributed by atoms with Crippen molar-refractivity contribution < 1.29 is 29.3 Å². The second-order valence-electron chi connectivity index (χ2n) is 7.83. The van der Waals surface area contributed by atoms with Crippen molar-refractivity contribution in [3.63, 3.8) is 0 Å². The van der Waals surface area contributed by atoms with E-state index in [9.17, 15) is 29.4 Å². The van der Waals surface area contributed by atoms with Crippen LogP contribution in [0.25, 0.3) is 0 Å². The van der Waals surface area contributed by atoms with Gasteiger partial charge in [-0.25, -0.2) is 4.79 Å². The van der Waals surface area contributed by atoms with Crippen LogP contribution in [0.3, 0.4) is 0 Å². The van der Waals surface area contributed by atoms with Gasteiger partial charge in [0, 0.05) is 38.9 Å². The van der Waals surface area contributed by atoms with Gasteiger partial charge in [0.2, 0.25) is 5.91 Å². The van der Waals surface area contributed by atoms with E-state index in [4.69, 9.17) is 9.47 Å². The van der Waals surface area contributed by atoms with Crippen molar-refractivity contribution in [2.75, 3.05) is 20.3 Å². The Kier molecular flexibility index (Phi) is 8.71. The largest absolute Gasteiger partial charge is 0.387 e. The van der Waals surface area contributed by atoms with Crippen LogP contribution in [0, 0.1) is 0 Å². The smallest absolute Gasteiger partial charge is 0.330 e. The summed E-state index contributed by atoms with van der Waals surface area (Å²) in [5.41, 5.74) is -0.725. The number of benzene rings is 1. The van der Waals surface area contributed by atoms with Crippen LogP contribution in [-0.2, 0) is 25.5 Å². The Hall–Kier alpha value is -3.32. The normalized spacial score (nSPS) is 22.8. The number of H-pyrrole nitrogens is 1. The summed E-state index contributed by atoms with van der Waals surface area (Å²) in [6.07, 6.45) is -4.42. The van der Waals surface area contributed by atoms with Crippen LogP contribution in [0.2, 0.25) is 0 Å². The Morgan fingerprint density at radius 3 is 2.59 bits per heavy atom. The predicted octanol–water partition coefficient (Wildman–Crippen LogP) is -1.96. The quantitative estimate of drug-likeness (QED) is 0.246. The number of rotatable bonds is 10. The maximum Gasteiger partial charge on any atom is 0.330 e. The Balaban J connectivity index is 1.73. The Morgan fingerprint density at radius 2 is 1.91 bits per heavy atom. The molecule has 2 aromatic rings. The number of hydrogen-bond donors (Lipinski definition) is 5. The van der Waals surface area contributed by atoms with E-state index in [1.54, 1.807) is 31.4 Å². The van der Waals surface area contributed by atoms with Gasteiger partial charge in [-0.05, 0) is 12.0 Å². The molecule has 5 atom stereocenters. The highest BCUT2D eigenvalue weighted by Crippen LogP contribution is 2.28. The first kappa shape index (κ1) is 25.3. The first-order chi connectivity index (χ1) is 16.3. The van der Waals surface area contributed by atoms with Gasteiger partial charge in [0.1, 0.15) is 18.2 Å². The average Bonchev–Trinajstić information content (AvgIpc) is 3.11. The van der Waals surface area contributed by atoms with Crippen LogP contribution in [-0.4, -0.2) is 76.2 Å². The van der Waals surface area contributed by atoms with Gasteiger partial charge in [0.25, 0.3) is 11.5 Å². The van der Waals surface area contributed by atoms with E-state index in [2.05, 4.69) is 10.6 Å². The van der Waals surface area contributed by atoms with Crippen LogP contribution < -0.4 is 21.9 Å². The highest BCUT2D eigenvalue weighted by Gasteiger charge is 2.48. The molecule has 12 nitrogen and oxygen atoms in total. The third-order valence-corrected chi connectivity index (χ3v) is 5.36. The number of aliphatic hydroxyl groups excluding tert-OH is 2. The number of hydrogen-bond acceptors (Lipinski definition) is 8. The number of nitrogens with zero attached hydrogens (tertiary/aromatic N) is 1. The van der Waals surface area contributed by atoms with Gasteiger partial charge in [0.05, 0.1) is 0 Å². The second-order valence-corrected chi connectivity index (χ2v) is 7.83. The van der Waals surface area contributed by atoms with Crippen molar-refractivity contribution in [2.45, 2.75) is 43.4 Å². The lowest BCUT2D eigenvalue weighted by Gasteiger charge is -2.22. The number of carbonyl (C=O) groups excluding carboxylic acids is 2. The first-order valence-corrected chi connectivity index (χ1v) is 10.8. The zero-order valence-corrected chi connectivity index (χ0v) is 18.5. The molecule has 5 N–H and O–H groups in total. The second kappa shape index (κ2) is 11.7. The zero-order valence-electron chi connectivity index (χ0n) is 18.5. The third-order valence-electron chi connectivity index (χ3n) is 5.36. The number of aromatic amines is 1. The number of carbonyl (C=O) groups is 2. The maximum atomic E-state index is 12.9. The van der Waals surface area contributed by atoms with Gasteiger partial charge in [-0.3, -0.25) is 23.9 Å². The monoisotopic (exact) mass is 476 g/mol. The molecule has 1 aromatic carbocycles. The fraction of sp³-hybridized carbons (Fsp3) is 0.455. The first-order valence-electron chi connectivity index (χ1n) is 10.8. The lowest BCUT2D eigenvalue weighted by atomic mass is 10.0. The van der Waals surface area contributed by atoms with E-state index in [1.165, 1.54) is 0 Å². The summed E-state index contributed by atoms with van der Waals surface area (Å²) in [5.74, 6) is -1.27. The molecule has 1 aromatic heterocycles. The Bertz CT molecular complexity index is 1090. The molecule has 1 fully saturated rings. The molecule has 0 spiro atoms. The maximum absolute atomic E-state index is 12.9. The molecule has 12 heteroatoms. The minimum Gasteiger partial charge on any atom is -0.387 e. The molecule has 1 aliphatic heterocycles. The molecule has 34 heavy (non-hydrogen) atoms. The molecule has 0 unspecified atom stereocenters. The molecule has 2 heterocycles. The van der Waals surface area contributed by atoms with Crippen molar-refractivity contribution in [1.82, 2.24) is 20.2 Å². The molecular formula is C22H28N4O8. The van der Waals surface area contributed by atoms with E-state index >= 15 is 0 Å². The molecule has 0 saturated carbocycles. The molecule has 0 bridgehead atoms. The van der Waals surface area contributed by atoms with Crippen molar-refractivity contribution >= 4 is 11.8 Å². The van der Waals surface area contributed by atoms with Gasteiger partial charge in [0.15, 0.2) is 12.3 Å². The molecule has 2 amide bonds. The number of aromatic nitrogens is 2. The minimum atomic E-state index is -1.68. The highest BCUT2D eigenvalue weighted by molar-refractivity contribution is 5.90. The summed E-state index contributed by atoms with van der Waals surface area (Å²) in [6.45, 7) is 0.799. The van der Waals surface area contributed by atoms with Crippen LogP contribution in [0.4, 0.5) is 0 Å². The van der Waals surface area contributed by atoms with Crippen LogP contribution in [0.15, 0.2) is 52.2 Å². The van der Waals surface area contributed by atoms with Gasteiger partial charge in [-0.1, -0.05) is 30.3 Å². The minimum absolute atomic E-state index is 0.177. The fourth-order valence-corrected chi connectivity index (χ4v) is 3.60. The summed E-state index contributed by atoms with van der Waals surface area (Å²) in [7, 11) is 1.55. The summed E-state index contributed by atoms with van der Waals surface area (Å²) in [4.78, 5) is 51.1. The zero-order chi connectivity index (χ0) is 24.7. The SMILES string of the molecule is COCCCNC(=O)[C@@H](Cc1ccccc1)NC(=O)[C@H]1O[C@@H](n2ccc(=O)[nH]c2=O)[C@H](O)[C@@H]1O. The fourth-order valence-electron chi connectivity index (χ4n) is 3.60. The number of methoxy groups -OCH3 is 1. The van der Waals surface area contributed by atoms with Crippen molar-refractivity contribution in [3.05, 3.63) is 69.0 Å². The van der Waals surface area contributed by atoms with E-state index in [0.717, 1.165) is 22.4 Å². The lowest BCUT2D eigenvalue weighted by Crippen LogP contribution is -2.53. The summed E-state index contributed by atoms with van der Waals surface area (Å²) < 4.78 is 11.3. The number of aliphatic hydroxyl groups is 2. The van der Waals surface area contributed by atoms with Crippen LogP contribution in [0.1, 0.15) is 18.2 Å². The number of amides is 2. The van der Waals surface area contributed by atoms with E-state index in [1.807, 2.05) is 11.1 Å². The van der Waals surface area contributed by atoms with Gasteiger partial charge in [-0.15, -0.1) is 0 Å². The average molecular weight is 476 g/mol. The molecule has 184 valence electrons.